The maximum Gasteiger partial charge on any atom is 0.254 e. The van der Waals surface area contributed by atoms with Crippen molar-refractivity contribution in [2.75, 3.05) is 18.9 Å². The van der Waals surface area contributed by atoms with E-state index in [2.05, 4.69) is 56.8 Å². The Morgan fingerprint density at radius 1 is 1.04 bits per heavy atom. The summed E-state index contributed by atoms with van der Waals surface area (Å²) in [5.41, 5.74) is 4.08. The number of nitrogens with zero attached hydrogens (tertiary/aromatic N) is 3. The van der Waals surface area contributed by atoms with Crippen LogP contribution in [0.1, 0.15) is 21.5 Å². The van der Waals surface area contributed by atoms with Crippen molar-refractivity contribution < 1.29 is 4.79 Å². The van der Waals surface area contributed by atoms with E-state index >= 15 is 0 Å². The molecule has 6 nitrogen and oxygen atoms in total. The lowest BCUT2D eigenvalue weighted by Crippen LogP contribution is -2.45. The number of hydrogen-bond acceptors (Lipinski definition) is 5. The average Bonchev–Trinajstić information content (AvgIpc) is 2.73. The van der Waals surface area contributed by atoms with E-state index in [9.17, 15) is 4.79 Å². The van der Waals surface area contributed by atoms with Crippen LogP contribution in [0, 0.1) is 0 Å². The van der Waals surface area contributed by atoms with Crippen LogP contribution >= 0.6 is 0 Å². The highest BCUT2D eigenvalue weighted by atomic mass is 16.1. The second-order valence-electron chi connectivity index (χ2n) is 7.04. The van der Waals surface area contributed by atoms with Gasteiger partial charge in [0.15, 0.2) is 0 Å². The Labute approximate surface area is 164 Å². The fourth-order valence-corrected chi connectivity index (χ4v) is 3.42. The largest absolute Gasteiger partial charge is 0.350 e. The molecular formula is C22H23N5O. The maximum absolute atomic E-state index is 12.5. The molecule has 0 spiro atoms. The van der Waals surface area contributed by atoms with Crippen molar-refractivity contribution in [3.05, 3.63) is 83.7 Å². The number of fused-ring (bicyclic) bond motifs is 1. The lowest BCUT2D eigenvalue weighted by molar-refractivity contribution is 0.0934. The van der Waals surface area contributed by atoms with Crippen molar-refractivity contribution in [1.29, 1.82) is 0 Å². The first kappa shape index (κ1) is 18.1. The van der Waals surface area contributed by atoms with E-state index < -0.39 is 0 Å². The number of likely N-dealkylation sites (N-methyl/N-ethyl adjacent to an activating group) is 1. The minimum Gasteiger partial charge on any atom is -0.350 e. The minimum atomic E-state index is -0.154. The van der Waals surface area contributed by atoms with Crippen molar-refractivity contribution >= 4 is 17.5 Å². The van der Waals surface area contributed by atoms with Crippen LogP contribution < -0.4 is 10.6 Å². The molecule has 2 aromatic carbocycles. The van der Waals surface area contributed by atoms with Crippen LogP contribution in [0.5, 0.6) is 0 Å². The molecule has 1 amide bonds. The van der Waals surface area contributed by atoms with E-state index in [4.69, 9.17) is 0 Å². The summed E-state index contributed by atoms with van der Waals surface area (Å²) in [5.74, 6) is 0.310. The smallest absolute Gasteiger partial charge is 0.254 e. The molecule has 1 aliphatic rings. The summed E-state index contributed by atoms with van der Waals surface area (Å²) in [7, 11) is 2.10. The van der Waals surface area contributed by atoms with Crippen molar-refractivity contribution in [2.45, 2.75) is 19.0 Å². The van der Waals surface area contributed by atoms with Gasteiger partial charge in [-0.2, -0.15) is 0 Å². The molecule has 0 unspecified atom stereocenters. The highest BCUT2D eigenvalue weighted by Gasteiger charge is 2.23. The van der Waals surface area contributed by atoms with E-state index in [1.807, 2.05) is 30.3 Å². The SMILES string of the molecule is CN1Cc2ccccc2C[C@@H]1CNC(=O)c1cnc(Nc2ccccc2)nc1. The molecule has 142 valence electrons. The molecule has 28 heavy (non-hydrogen) atoms. The molecule has 0 saturated heterocycles. The first-order valence-corrected chi connectivity index (χ1v) is 9.38. The third-order valence-electron chi connectivity index (χ3n) is 5.06. The van der Waals surface area contributed by atoms with Gasteiger partial charge >= 0.3 is 0 Å². The zero-order valence-electron chi connectivity index (χ0n) is 15.8. The van der Waals surface area contributed by atoms with Crippen LogP contribution in [0.4, 0.5) is 11.6 Å². The molecular weight excluding hydrogens is 350 g/mol. The fraction of sp³-hybridized carbons (Fsp3) is 0.227. The first-order valence-electron chi connectivity index (χ1n) is 9.38. The third kappa shape index (κ3) is 4.18. The standard InChI is InChI=1S/C22H23N5O/c1-27-15-17-8-6-5-7-16(17)11-20(27)14-23-21(28)18-12-24-22(25-13-18)26-19-9-3-2-4-10-19/h2-10,12-13,20H,11,14-15H2,1H3,(H,23,28)(H,24,25,26)/t20-/m1/s1. The van der Waals surface area contributed by atoms with Crippen molar-refractivity contribution in [3.8, 4) is 0 Å². The zero-order valence-corrected chi connectivity index (χ0v) is 15.8. The van der Waals surface area contributed by atoms with Gasteiger partial charge in [0.25, 0.3) is 5.91 Å². The number of anilines is 2. The third-order valence-corrected chi connectivity index (χ3v) is 5.06. The lowest BCUT2D eigenvalue weighted by atomic mass is 9.94. The number of rotatable bonds is 5. The second-order valence-corrected chi connectivity index (χ2v) is 7.04. The van der Waals surface area contributed by atoms with Crippen LogP contribution in [0.25, 0.3) is 0 Å². The van der Waals surface area contributed by atoms with E-state index in [-0.39, 0.29) is 11.9 Å². The zero-order chi connectivity index (χ0) is 19.3. The Morgan fingerprint density at radius 2 is 1.71 bits per heavy atom. The topological polar surface area (TPSA) is 70.2 Å². The number of nitrogens with one attached hydrogen (secondary N) is 2. The molecule has 0 saturated carbocycles. The second kappa shape index (κ2) is 8.19. The Kier molecular flexibility index (Phi) is 5.30. The Morgan fingerprint density at radius 3 is 2.46 bits per heavy atom. The monoisotopic (exact) mass is 373 g/mol. The molecule has 2 heterocycles. The molecule has 3 aromatic rings. The molecule has 0 fully saturated rings. The van der Waals surface area contributed by atoms with Crippen molar-refractivity contribution in [3.63, 3.8) is 0 Å². The predicted octanol–water partition coefficient (Wildman–Crippen LogP) is 3.01. The number of amides is 1. The number of hydrogen-bond donors (Lipinski definition) is 2. The van der Waals surface area contributed by atoms with Crippen LogP contribution in [-0.4, -0.2) is 40.4 Å². The highest BCUT2D eigenvalue weighted by molar-refractivity contribution is 5.93. The van der Waals surface area contributed by atoms with Gasteiger partial charge < -0.3 is 10.6 Å². The quantitative estimate of drug-likeness (QED) is 0.719. The average molecular weight is 373 g/mol. The van der Waals surface area contributed by atoms with E-state index in [0.717, 1.165) is 18.7 Å². The molecule has 1 aliphatic heterocycles. The number of aromatic nitrogens is 2. The number of para-hydroxylation sites is 1. The maximum atomic E-state index is 12.5. The Balaban J connectivity index is 1.34. The van der Waals surface area contributed by atoms with Gasteiger partial charge in [-0.3, -0.25) is 9.69 Å². The predicted molar refractivity (Wildman–Crippen MR) is 109 cm³/mol. The van der Waals surface area contributed by atoms with E-state index in [0.29, 0.717) is 18.1 Å². The van der Waals surface area contributed by atoms with Gasteiger partial charge in [0.1, 0.15) is 0 Å². The van der Waals surface area contributed by atoms with Gasteiger partial charge in [-0.05, 0) is 36.7 Å². The van der Waals surface area contributed by atoms with Gasteiger partial charge in [0.2, 0.25) is 5.95 Å². The van der Waals surface area contributed by atoms with Crippen LogP contribution in [0.15, 0.2) is 67.0 Å². The summed E-state index contributed by atoms with van der Waals surface area (Å²) in [4.78, 5) is 23.2. The molecule has 0 bridgehead atoms. The molecule has 4 rings (SSSR count). The Hall–Kier alpha value is -3.25. The highest BCUT2D eigenvalue weighted by Crippen LogP contribution is 2.21. The molecule has 0 radical (unpaired) electrons. The molecule has 0 aliphatic carbocycles. The lowest BCUT2D eigenvalue weighted by Gasteiger charge is -2.34. The molecule has 1 atom stereocenters. The number of carbonyl (C=O) groups is 1. The van der Waals surface area contributed by atoms with Crippen molar-refractivity contribution in [2.24, 2.45) is 0 Å². The summed E-state index contributed by atoms with van der Waals surface area (Å²) >= 11 is 0. The van der Waals surface area contributed by atoms with Gasteiger partial charge in [0, 0.05) is 37.2 Å². The van der Waals surface area contributed by atoms with Crippen LogP contribution in [-0.2, 0) is 13.0 Å². The Bertz CT molecular complexity index is 943. The summed E-state index contributed by atoms with van der Waals surface area (Å²) in [6.45, 7) is 1.49. The molecule has 2 N–H and O–H groups in total. The van der Waals surface area contributed by atoms with Gasteiger partial charge in [-0.15, -0.1) is 0 Å². The van der Waals surface area contributed by atoms with Crippen LogP contribution in [0.3, 0.4) is 0 Å². The summed E-state index contributed by atoms with van der Waals surface area (Å²) in [6, 6.07) is 18.4. The fourth-order valence-electron chi connectivity index (χ4n) is 3.42. The summed E-state index contributed by atoms with van der Waals surface area (Å²) in [6.07, 6.45) is 4.03. The van der Waals surface area contributed by atoms with Gasteiger partial charge in [-0.1, -0.05) is 42.5 Å². The van der Waals surface area contributed by atoms with Gasteiger partial charge in [0.05, 0.1) is 5.56 Å². The normalized spacial score (nSPS) is 16.2. The van der Waals surface area contributed by atoms with Crippen LogP contribution in [0.2, 0.25) is 0 Å². The van der Waals surface area contributed by atoms with E-state index in [1.54, 1.807) is 12.4 Å². The van der Waals surface area contributed by atoms with Crippen molar-refractivity contribution in [1.82, 2.24) is 20.2 Å². The van der Waals surface area contributed by atoms with E-state index in [1.165, 1.54) is 11.1 Å². The number of carbonyl (C=O) groups excluding carboxylic acids is 1. The number of benzene rings is 2. The summed E-state index contributed by atoms with van der Waals surface area (Å²) in [5, 5.41) is 6.13. The molecule has 1 aromatic heterocycles. The first-order chi connectivity index (χ1) is 13.7. The molecule has 6 heteroatoms. The minimum absolute atomic E-state index is 0.154. The summed E-state index contributed by atoms with van der Waals surface area (Å²) < 4.78 is 0. The van der Waals surface area contributed by atoms with Gasteiger partial charge in [-0.25, -0.2) is 9.97 Å².